The minimum Gasteiger partial charge on any atom is -0.344 e. The highest BCUT2D eigenvalue weighted by Gasteiger charge is 2.17. The Balaban J connectivity index is 1.81. The second-order valence-corrected chi connectivity index (χ2v) is 7.07. The summed E-state index contributed by atoms with van der Waals surface area (Å²) in [5.74, 6) is 0.935. The predicted octanol–water partition coefficient (Wildman–Crippen LogP) is 2.85. The number of aromatic nitrogens is 4. The van der Waals surface area contributed by atoms with Crippen LogP contribution in [0.3, 0.4) is 0 Å². The van der Waals surface area contributed by atoms with Crippen LogP contribution < -0.4 is 0 Å². The normalized spacial score (nSPS) is 10.4. The summed E-state index contributed by atoms with van der Waals surface area (Å²) in [6.07, 6.45) is 3.76. The molecular formula is C20H20N6OS. The summed E-state index contributed by atoms with van der Waals surface area (Å²) < 4.78 is 2.01. The Bertz CT molecular complexity index is 952. The smallest absolute Gasteiger partial charge is 0.232 e. The van der Waals surface area contributed by atoms with E-state index in [1.54, 1.807) is 24.3 Å². The van der Waals surface area contributed by atoms with Crippen molar-refractivity contribution in [1.82, 2.24) is 24.6 Å². The van der Waals surface area contributed by atoms with E-state index >= 15 is 0 Å². The van der Waals surface area contributed by atoms with Crippen molar-refractivity contribution in [2.75, 3.05) is 19.3 Å². The zero-order chi connectivity index (χ0) is 19.8. The molecule has 1 amide bonds. The molecule has 0 aliphatic heterocycles. The molecule has 2 heterocycles. The molecule has 0 spiro atoms. The number of carbonyl (C=O) groups is 1. The molecule has 28 heavy (non-hydrogen) atoms. The third-order valence-electron chi connectivity index (χ3n) is 4.15. The Morgan fingerprint density at radius 1 is 1.18 bits per heavy atom. The Kier molecular flexibility index (Phi) is 6.76. The molecule has 7 nitrogen and oxygen atoms in total. The second kappa shape index (κ2) is 9.67. The average Bonchev–Trinajstić information content (AvgIpc) is 3.14. The van der Waals surface area contributed by atoms with Gasteiger partial charge in [0.2, 0.25) is 5.91 Å². The molecule has 0 radical (unpaired) electrons. The van der Waals surface area contributed by atoms with Crippen LogP contribution >= 0.6 is 11.8 Å². The van der Waals surface area contributed by atoms with E-state index in [1.807, 2.05) is 47.0 Å². The zero-order valence-corrected chi connectivity index (χ0v) is 16.3. The lowest BCUT2D eigenvalue weighted by Crippen LogP contribution is -2.29. The second-order valence-electron chi connectivity index (χ2n) is 6.13. The maximum atomic E-state index is 12.3. The molecule has 0 aliphatic rings. The SMILES string of the molecule is CN(CCC#N)C(=O)CSc1nnc(-c2ccncc2)n1Cc1ccccc1. The van der Waals surface area contributed by atoms with Gasteiger partial charge in [-0.1, -0.05) is 42.1 Å². The largest absolute Gasteiger partial charge is 0.344 e. The summed E-state index contributed by atoms with van der Waals surface area (Å²) >= 11 is 1.35. The molecule has 8 heteroatoms. The van der Waals surface area contributed by atoms with Crippen molar-refractivity contribution in [2.24, 2.45) is 0 Å². The first-order chi connectivity index (χ1) is 13.7. The van der Waals surface area contributed by atoms with Crippen LogP contribution in [0, 0.1) is 11.3 Å². The summed E-state index contributed by atoms with van der Waals surface area (Å²) in [6.45, 7) is 1.03. The van der Waals surface area contributed by atoms with Gasteiger partial charge in [0.15, 0.2) is 11.0 Å². The van der Waals surface area contributed by atoms with Gasteiger partial charge in [-0.25, -0.2) is 0 Å². The van der Waals surface area contributed by atoms with Crippen LogP contribution in [0.4, 0.5) is 0 Å². The third-order valence-corrected chi connectivity index (χ3v) is 5.10. The number of amides is 1. The van der Waals surface area contributed by atoms with Crippen LogP contribution in [0.15, 0.2) is 60.0 Å². The molecule has 0 saturated carbocycles. The van der Waals surface area contributed by atoms with Gasteiger partial charge in [-0.3, -0.25) is 14.3 Å². The Morgan fingerprint density at radius 2 is 1.93 bits per heavy atom. The number of nitrogens with zero attached hydrogens (tertiary/aromatic N) is 6. The van der Waals surface area contributed by atoms with Crippen molar-refractivity contribution < 1.29 is 4.79 Å². The molecule has 2 aromatic heterocycles. The molecule has 0 bridgehead atoms. The number of thioether (sulfide) groups is 1. The number of pyridine rings is 1. The van der Waals surface area contributed by atoms with Crippen LogP contribution in [0.2, 0.25) is 0 Å². The molecule has 0 N–H and O–H groups in total. The molecule has 0 unspecified atom stereocenters. The third kappa shape index (κ3) is 4.96. The zero-order valence-electron chi connectivity index (χ0n) is 15.5. The van der Waals surface area contributed by atoms with Gasteiger partial charge in [0.05, 0.1) is 24.8 Å². The summed E-state index contributed by atoms with van der Waals surface area (Å²) in [5, 5.41) is 18.0. The van der Waals surface area contributed by atoms with Gasteiger partial charge < -0.3 is 4.90 Å². The number of nitriles is 1. The fraction of sp³-hybridized carbons (Fsp3) is 0.250. The predicted molar refractivity (Wildman–Crippen MR) is 107 cm³/mol. The molecule has 142 valence electrons. The van der Waals surface area contributed by atoms with Crippen molar-refractivity contribution in [3.05, 3.63) is 60.4 Å². The van der Waals surface area contributed by atoms with Crippen LogP contribution in [0.5, 0.6) is 0 Å². The summed E-state index contributed by atoms with van der Waals surface area (Å²) in [5.41, 5.74) is 2.04. The van der Waals surface area contributed by atoms with E-state index in [9.17, 15) is 4.79 Å². The van der Waals surface area contributed by atoms with Gasteiger partial charge in [-0.05, 0) is 17.7 Å². The first-order valence-electron chi connectivity index (χ1n) is 8.80. The van der Waals surface area contributed by atoms with Crippen molar-refractivity contribution in [3.63, 3.8) is 0 Å². The lowest BCUT2D eigenvalue weighted by molar-refractivity contribution is -0.127. The lowest BCUT2D eigenvalue weighted by Gasteiger charge is -2.15. The van der Waals surface area contributed by atoms with Gasteiger partial charge in [-0.15, -0.1) is 10.2 Å². The minimum absolute atomic E-state index is 0.0417. The molecule has 0 atom stereocenters. The van der Waals surface area contributed by atoms with Crippen LogP contribution in [0.25, 0.3) is 11.4 Å². The first kappa shape index (κ1) is 19.6. The van der Waals surface area contributed by atoms with Crippen molar-refractivity contribution in [3.8, 4) is 17.5 Å². The van der Waals surface area contributed by atoms with Crippen molar-refractivity contribution >= 4 is 17.7 Å². The van der Waals surface area contributed by atoms with Crippen molar-refractivity contribution in [1.29, 1.82) is 5.26 Å². The molecule has 3 aromatic rings. The van der Waals surface area contributed by atoms with E-state index in [1.165, 1.54) is 11.8 Å². The van der Waals surface area contributed by atoms with E-state index < -0.39 is 0 Å². The Hall–Kier alpha value is -3.18. The van der Waals surface area contributed by atoms with Gasteiger partial charge in [0.25, 0.3) is 0 Å². The monoisotopic (exact) mass is 392 g/mol. The Labute approximate surface area is 168 Å². The van der Waals surface area contributed by atoms with Crippen LogP contribution in [0.1, 0.15) is 12.0 Å². The molecule has 1 aromatic carbocycles. The minimum atomic E-state index is -0.0417. The van der Waals surface area contributed by atoms with E-state index in [-0.39, 0.29) is 11.7 Å². The van der Waals surface area contributed by atoms with E-state index in [0.29, 0.717) is 24.7 Å². The van der Waals surface area contributed by atoms with E-state index in [2.05, 4.69) is 21.3 Å². The highest BCUT2D eigenvalue weighted by atomic mass is 32.2. The van der Waals surface area contributed by atoms with E-state index in [4.69, 9.17) is 5.26 Å². The fourth-order valence-electron chi connectivity index (χ4n) is 2.60. The molecule has 0 aliphatic carbocycles. The highest BCUT2D eigenvalue weighted by molar-refractivity contribution is 7.99. The van der Waals surface area contributed by atoms with Crippen LogP contribution in [-0.2, 0) is 11.3 Å². The molecule has 3 rings (SSSR count). The molecule has 0 saturated heterocycles. The molecular weight excluding hydrogens is 372 g/mol. The number of benzene rings is 1. The maximum Gasteiger partial charge on any atom is 0.232 e. The quantitative estimate of drug-likeness (QED) is 0.548. The summed E-state index contributed by atoms with van der Waals surface area (Å²) in [6, 6.07) is 15.9. The maximum absolute atomic E-state index is 12.3. The number of rotatable bonds is 8. The first-order valence-corrected chi connectivity index (χ1v) is 9.79. The number of hydrogen-bond acceptors (Lipinski definition) is 6. The van der Waals surface area contributed by atoms with Crippen LogP contribution in [-0.4, -0.2) is 49.9 Å². The fourth-order valence-corrected chi connectivity index (χ4v) is 3.48. The average molecular weight is 392 g/mol. The summed E-state index contributed by atoms with van der Waals surface area (Å²) in [4.78, 5) is 17.9. The topological polar surface area (TPSA) is 87.7 Å². The van der Waals surface area contributed by atoms with Crippen molar-refractivity contribution in [2.45, 2.75) is 18.1 Å². The summed E-state index contributed by atoms with van der Waals surface area (Å²) in [7, 11) is 1.71. The highest BCUT2D eigenvalue weighted by Crippen LogP contribution is 2.25. The van der Waals surface area contributed by atoms with Gasteiger partial charge >= 0.3 is 0 Å². The van der Waals surface area contributed by atoms with Gasteiger partial charge in [-0.2, -0.15) is 5.26 Å². The van der Waals surface area contributed by atoms with Gasteiger partial charge in [0.1, 0.15) is 0 Å². The Morgan fingerprint density at radius 3 is 2.64 bits per heavy atom. The number of carbonyl (C=O) groups excluding carboxylic acids is 1. The van der Waals surface area contributed by atoms with Gasteiger partial charge in [0, 0.05) is 31.5 Å². The van der Waals surface area contributed by atoms with E-state index in [0.717, 1.165) is 17.0 Å². The standard InChI is InChI=1S/C20H20N6OS/c1-25(13-5-10-21)18(27)15-28-20-24-23-19(17-8-11-22-12-9-17)26(20)14-16-6-3-2-4-7-16/h2-4,6-9,11-12H,5,13-15H2,1H3. The number of hydrogen-bond donors (Lipinski definition) is 0. The lowest BCUT2D eigenvalue weighted by atomic mass is 10.2. The molecule has 0 fully saturated rings.